The van der Waals surface area contributed by atoms with Gasteiger partial charge in [0.2, 0.25) is 0 Å². The monoisotopic (exact) mass is 291 g/mol. The highest BCUT2D eigenvalue weighted by molar-refractivity contribution is 7.09. The molecular weight excluding hydrogens is 274 g/mol. The number of carbonyl (C=O) groups excluding carboxylic acids is 1. The Morgan fingerprint density at radius 3 is 2.85 bits per heavy atom. The van der Waals surface area contributed by atoms with Gasteiger partial charge in [-0.05, 0) is 32.0 Å². The molecule has 1 aromatic carbocycles. The highest BCUT2D eigenvalue weighted by Gasteiger charge is 2.13. The summed E-state index contributed by atoms with van der Waals surface area (Å²) >= 11 is 1.61. The number of nitrogens with two attached hydrogens (primary N) is 1. The molecule has 1 heterocycles. The molecule has 1 atom stereocenters. The van der Waals surface area contributed by atoms with E-state index in [1.807, 2.05) is 25.3 Å². The Morgan fingerprint density at radius 1 is 1.50 bits per heavy atom. The molecule has 6 heteroatoms. The lowest BCUT2D eigenvalue weighted by Crippen LogP contribution is -2.09. The SMILES string of the molecule is COC(=O)c1cc(NC(C)c2nc(C)cs2)ccc1N. The molecule has 0 saturated carbocycles. The molecule has 2 aromatic rings. The van der Waals surface area contributed by atoms with Crippen molar-refractivity contribution in [3.05, 3.63) is 39.8 Å². The Morgan fingerprint density at radius 2 is 2.25 bits per heavy atom. The van der Waals surface area contributed by atoms with Gasteiger partial charge in [-0.1, -0.05) is 0 Å². The third kappa shape index (κ3) is 3.08. The predicted octanol–water partition coefficient (Wildman–Crippen LogP) is 2.99. The summed E-state index contributed by atoms with van der Waals surface area (Å²) in [5.74, 6) is -0.441. The zero-order chi connectivity index (χ0) is 14.7. The maximum absolute atomic E-state index is 11.6. The number of aryl methyl sites for hydroxylation is 1. The van der Waals surface area contributed by atoms with E-state index in [0.29, 0.717) is 11.3 Å². The van der Waals surface area contributed by atoms with Gasteiger partial charge in [-0.2, -0.15) is 0 Å². The first-order valence-electron chi connectivity index (χ1n) is 6.17. The van der Waals surface area contributed by atoms with Crippen molar-refractivity contribution < 1.29 is 9.53 Å². The van der Waals surface area contributed by atoms with E-state index in [2.05, 4.69) is 10.3 Å². The van der Waals surface area contributed by atoms with Crippen LogP contribution in [-0.4, -0.2) is 18.1 Å². The van der Waals surface area contributed by atoms with Gasteiger partial charge in [0, 0.05) is 22.4 Å². The van der Waals surface area contributed by atoms with Crippen LogP contribution in [0.5, 0.6) is 0 Å². The van der Waals surface area contributed by atoms with Gasteiger partial charge in [0.15, 0.2) is 0 Å². The van der Waals surface area contributed by atoms with E-state index in [4.69, 9.17) is 10.5 Å². The smallest absolute Gasteiger partial charge is 0.340 e. The first-order valence-corrected chi connectivity index (χ1v) is 7.05. The van der Waals surface area contributed by atoms with E-state index in [1.165, 1.54) is 7.11 Å². The molecule has 106 valence electrons. The van der Waals surface area contributed by atoms with E-state index in [9.17, 15) is 4.79 Å². The molecule has 0 aliphatic rings. The number of rotatable bonds is 4. The third-order valence-corrected chi connectivity index (χ3v) is 3.99. The summed E-state index contributed by atoms with van der Waals surface area (Å²) in [5, 5.41) is 6.31. The number of esters is 1. The minimum atomic E-state index is -0.441. The number of nitrogen functional groups attached to an aromatic ring is 1. The van der Waals surface area contributed by atoms with E-state index < -0.39 is 5.97 Å². The number of carbonyl (C=O) groups is 1. The Bertz CT molecular complexity index is 625. The van der Waals surface area contributed by atoms with Gasteiger partial charge >= 0.3 is 5.97 Å². The Kier molecular flexibility index (Phi) is 4.24. The summed E-state index contributed by atoms with van der Waals surface area (Å²) in [4.78, 5) is 16.0. The molecule has 0 aliphatic carbocycles. The van der Waals surface area contributed by atoms with Crippen molar-refractivity contribution in [2.75, 3.05) is 18.2 Å². The minimum Gasteiger partial charge on any atom is -0.465 e. The number of methoxy groups -OCH3 is 1. The van der Waals surface area contributed by atoms with Crippen LogP contribution in [0.3, 0.4) is 0 Å². The fourth-order valence-electron chi connectivity index (χ4n) is 1.82. The minimum absolute atomic E-state index is 0.0582. The second-order valence-electron chi connectivity index (χ2n) is 4.49. The lowest BCUT2D eigenvalue weighted by Gasteiger charge is -2.14. The van der Waals surface area contributed by atoms with Crippen molar-refractivity contribution in [1.29, 1.82) is 0 Å². The molecule has 3 N–H and O–H groups in total. The van der Waals surface area contributed by atoms with Crippen molar-refractivity contribution in [3.63, 3.8) is 0 Å². The van der Waals surface area contributed by atoms with Gasteiger partial charge in [-0.15, -0.1) is 11.3 Å². The van der Waals surface area contributed by atoms with Crippen LogP contribution in [-0.2, 0) is 4.74 Å². The normalized spacial score (nSPS) is 11.9. The van der Waals surface area contributed by atoms with Crippen LogP contribution in [0.15, 0.2) is 23.6 Å². The van der Waals surface area contributed by atoms with Crippen molar-refractivity contribution in [1.82, 2.24) is 4.98 Å². The summed E-state index contributed by atoms with van der Waals surface area (Å²) in [6, 6.07) is 5.27. The zero-order valence-corrected chi connectivity index (χ0v) is 12.5. The van der Waals surface area contributed by atoms with Crippen LogP contribution < -0.4 is 11.1 Å². The number of nitrogens with zero attached hydrogens (tertiary/aromatic N) is 1. The van der Waals surface area contributed by atoms with Gasteiger partial charge in [0.05, 0.1) is 18.7 Å². The largest absolute Gasteiger partial charge is 0.465 e. The molecule has 0 radical (unpaired) electrons. The van der Waals surface area contributed by atoms with Gasteiger partial charge in [-0.3, -0.25) is 0 Å². The lowest BCUT2D eigenvalue weighted by atomic mass is 10.1. The summed E-state index contributed by atoms with van der Waals surface area (Å²) in [5.41, 5.74) is 8.35. The highest BCUT2D eigenvalue weighted by Crippen LogP contribution is 2.25. The second kappa shape index (κ2) is 5.92. The molecule has 0 bridgehead atoms. The molecule has 0 saturated heterocycles. The summed E-state index contributed by atoms with van der Waals surface area (Å²) in [7, 11) is 1.34. The molecule has 1 unspecified atom stereocenters. The maximum Gasteiger partial charge on any atom is 0.340 e. The molecule has 1 aromatic heterocycles. The second-order valence-corrected chi connectivity index (χ2v) is 5.38. The topological polar surface area (TPSA) is 77.2 Å². The molecule has 20 heavy (non-hydrogen) atoms. The average molecular weight is 291 g/mol. The number of hydrogen-bond acceptors (Lipinski definition) is 6. The van der Waals surface area contributed by atoms with Gasteiger partial charge < -0.3 is 15.8 Å². The quantitative estimate of drug-likeness (QED) is 0.669. The van der Waals surface area contributed by atoms with Crippen molar-refractivity contribution in [2.45, 2.75) is 19.9 Å². The Labute approximate surface area is 121 Å². The first kappa shape index (κ1) is 14.3. The van der Waals surface area contributed by atoms with Crippen molar-refractivity contribution >= 4 is 28.7 Å². The Hall–Kier alpha value is -2.08. The fourth-order valence-corrected chi connectivity index (χ4v) is 2.62. The third-order valence-electron chi connectivity index (χ3n) is 2.85. The number of anilines is 2. The highest BCUT2D eigenvalue weighted by atomic mass is 32.1. The molecule has 5 nitrogen and oxygen atoms in total. The van der Waals surface area contributed by atoms with E-state index in [0.717, 1.165) is 16.4 Å². The van der Waals surface area contributed by atoms with Crippen LogP contribution in [0.25, 0.3) is 0 Å². The molecule has 2 rings (SSSR count). The van der Waals surface area contributed by atoms with Crippen LogP contribution in [0.4, 0.5) is 11.4 Å². The fraction of sp³-hybridized carbons (Fsp3) is 0.286. The number of thiazole rings is 1. The number of ether oxygens (including phenoxy) is 1. The zero-order valence-electron chi connectivity index (χ0n) is 11.6. The van der Waals surface area contributed by atoms with Gasteiger partial charge in [0.25, 0.3) is 0 Å². The molecule has 0 amide bonds. The van der Waals surface area contributed by atoms with Crippen molar-refractivity contribution in [3.8, 4) is 0 Å². The van der Waals surface area contributed by atoms with Crippen LogP contribution in [0, 0.1) is 6.92 Å². The van der Waals surface area contributed by atoms with E-state index >= 15 is 0 Å². The summed E-state index contributed by atoms with van der Waals surface area (Å²) in [6.45, 7) is 3.98. The molecular formula is C14H17N3O2S. The molecule has 0 fully saturated rings. The lowest BCUT2D eigenvalue weighted by molar-refractivity contribution is 0.0602. The predicted molar refractivity (Wildman–Crippen MR) is 81.1 cm³/mol. The van der Waals surface area contributed by atoms with Crippen LogP contribution in [0.2, 0.25) is 0 Å². The summed E-state index contributed by atoms with van der Waals surface area (Å²) in [6.07, 6.45) is 0. The van der Waals surface area contributed by atoms with Gasteiger partial charge in [-0.25, -0.2) is 9.78 Å². The standard InChI is InChI=1S/C14H17N3O2S/c1-8-7-20-13(16-8)9(2)17-10-4-5-12(15)11(6-10)14(18)19-3/h4-7,9,17H,15H2,1-3H3. The summed E-state index contributed by atoms with van der Waals surface area (Å²) < 4.78 is 4.71. The molecule has 0 spiro atoms. The first-order chi connectivity index (χ1) is 9.51. The van der Waals surface area contributed by atoms with Crippen LogP contribution in [0.1, 0.15) is 34.0 Å². The number of benzene rings is 1. The average Bonchev–Trinajstić information content (AvgIpc) is 2.87. The van der Waals surface area contributed by atoms with Crippen molar-refractivity contribution in [2.24, 2.45) is 0 Å². The maximum atomic E-state index is 11.6. The van der Waals surface area contributed by atoms with E-state index in [-0.39, 0.29) is 6.04 Å². The number of aromatic nitrogens is 1. The number of hydrogen-bond donors (Lipinski definition) is 2. The number of nitrogens with one attached hydrogen (secondary N) is 1. The van der Waals surface area contributed by atoms with Crippen LogP contribution >= 0.6 is 11.3 Å². The molecule has 0 aliphatic heterocycles. The van der Waals surface area contributed by atoms with Gasteiger partial charge in [0.1, 0.15) is 5.01 Å². The van der Waals surface area contributed by atoms with E-state index in [1.54, 1.807) is 23.5 Å². The Balaban J connectivity index is 2.19.